The van der Waals surface area contributed by atoms with Crippen LogP contribution in [0.5, 0.6) is 0 Å². The van der Waals surface area contributed by atoms with Crippen LogP contribution < -0.4 is 0 Å². The highest BCUT2D eigenvalue weighted by Crippen LogP contribution is 2.24. The molecule has 0 unspecified atom stereocenters. The van der Waals surface area contributed by atoms with Gasteiger partial charge in [-0.1, -0.05) is 0 Å². The molecule has 0 amide bonds. The van der Waals surface area contributed by atoms with Crippen LogP contribution in [0, 0.1) is 6.92 Å². The van der Waals surface area contributed by atoms with E-state index in [0.717, 1.165) is 21.8 Å². The van der Waals surface area contributed by atoms with E-state index in [1.54, 1.807) is 14.0 Å². The van der Waals surface area contributed by atoms with E-state index >= 15 is 0 Å². The summed E-state index contributed by atoms with van der Waals surface area (Å²) in [5, 5.41) is 8.81. The molecule has 102 valence electrons. The van der Waals surface area contributed by atoms with E-state index in [4.69, 9.17) is 5.11 Å². The summed E-state index contributed by atoms with van der Waals surface area (Å²) in [4.78, 5) is 13.3. The summed E-state index contributed by atoms with van der Waals surface area (Å²) in [6.07, 6.45) is -5.03. The van der Waals surface area contributed by atoms with Gasteiger partial charge in [0, 0.05) is 18.0 Å². The second kappa shape index (κ2) is 5.71. The first-order valence-electron chi connectivity index (χ1n) is 5.27. The Morgan fingerprint density at radius 1 is 1.50 bits per heavy atom. The fraction of sp³-hybridized carbons (Fsp3) is 0.545. The molecular formula is C11H14F3NO2S. The van der Waals surface area contributed by atoms with Gasteiger partial charge in [0.25, 0.3) is 0 Å². The van der Waals surface area contributed by atoms with E-state index in [9.17, 15) is 18.0 Å². The van der Waals surface area contributed by atoms with Crippen LogP contribution in [0.25, 0.3) is 0 Å². The van der Waals surface area contributed by atoms with Crippen LogP contribution in [0.4, 0.5) is 13.2 Å². The topological polar surface area (TPSA) is 40.5 Å². The van der Waals surface area contributed by atoms with Crippen LogP contribution in [-0.4, -0.2) is 35.7 Å². The quantitative estimate of drug-likeness (QED) is 0.901. The van der Waals surface area contributed by atoms with Crippen LogP contribution in [0.15, 0.2) is 6.07 Å². The minimum Gasteiger partial charge on any atom is -0.477 e. The number of carboxylic acid groups (broad SMARTS) is 1. The zero-order valence-electron chi connectivity index (χ0n) is 10.0. The van der Waals surface area contributed by atoms with Crippen molar-refractivity contribution in [2.24, 2.45) is 0 Å². The third kappa shape index (κ3) is 4.66. The number of thiophene rings is 1. The van der Waals surface area contributed by atoms with Crippen molar-refractivity contribution < 1.29 is 23.1 Å². The van der Waals surface area contributed by atoms with Crippen LogP contribution in [0.2, 0.25) is 0 Å². The maximum Gasteiger partial charge on any atom is 0.390 e. The number of nitrogens with zero attached hydrogens (tertiary/aromatic N) is 1. The molecule has 0 spiro atoms. The average molecular weight is 281 g/mol. The van der Waals surface area contributed by atoms with Crippen molar-refractivity contribution in [3.05, 3.63) is 21.4 Å². The van der Waals surface area contributed by atoms with Gasteiger partial charge in [0.2, 0.25) is 0 Å². The zero-order valence-corrected chi connectivity index (χ0v) is 10.9. The van der Waals surface area contributed by atoms with Crippen LogP contribution in [-0.2, 0) is 6.54 Å². The Labute approximate surface area is 107 Å². The molecule has 1 aromatic heterocycles. The average Bonchev–Trinajstić information content (AvgIpc) is 2.57. The van der Waals surface area contributed by atoms with Gasteiger partial charge in [-0.05, 0) is 25.6 Å². The van der Waals surface area contributed by atoms with Crippen molar-refractivity contribution in [1.82, 2.24) is 4.90 Å². The molecule has 0 saturated heterocycles. The minimum atomic E-state index is -4.16. The number of aromatic carboxylic acids is 1. The molecule has 0 fully saturated rings. The second-order valence-corrected chi connectivity index (χ2v) is 5.36. The number of carboxylic acids is 1. The molecular weight excluding hydrogens is 267 g/mol. The zero-order chi connectivity index (χ0) is 13.9. The Kier molecular flexibility index (Phi) is 4.75. The summed E-state index contributed by atoms with van der Waals surface area (Å²) in [6, 6.07) is 1.52. The third-order valence-electron chi connectivity index (χ3n) is 2.45. The lowest BCUT2D eigenvalue weighted by molar-refractivity contribution is -0.137. The molecule has 1 heterocycles. The van der Waals surface area contributed by atoms with Crippen molar-refractivity contribution in [2.45, 2.75) is 26.1 Å². The molecule has 0 atom stereocenters. The molecule has 0 aromatic carbocycles. The van der Waals surface area contributed by atoms with E-state index < -0.39 is 18.6 Å². The lowest BCUT2D eigenvalue weighted by atomic mass is 10.2. The first kappa shape index (κ1) is 15.0. The maximum atomic E-state index is 12.0. The van der Waals surface area contributed by atoms with Gasteiger partial charge in [-0.2, -0.15) is 13.2 Å². The Balaban J connectivity index is 2.59. The Morgan fingerprint density at radius 2 is 2.11 bits per heavy atom. The van der Waals surface area contributed by atoms with Gasteiger partial charge in [-0.3, -0.25) is 0 Å². The number of rotatable bonds is 5. The van der Waals surface area contributed by atoms with Crippen molar-refractivity contribution >= 4 is 17.3 Å². The molecule has 7 heteroatoms. The summed E-state index contributed by atoms with van der Waals surface area (Å²) >= 11 is 1.14. The number of alkyl halides is 3. The van der Waals surface area contributed by atoms with Crippen LogP contribution in [0.3, 0.4) is 0 Å². The third-order valence-corrected chi connectivity index (χ3v) is 3.53. The normalized spacial score (nSPS) is 12.1. The van der Waals surface area contributed by atoms with Crippen molar-refractivity contribution in [1.29, 1.82) is 0 Å². The summed E-state index contributed by atoms with van der Waals surface area (Å²) in [5.74, 6) is -1.01. The largest absolute Gasteiger partial charge is 0.477 e. The number of aryl methyl sites for hydroxylation is 1. The highest BCUT2D eigenvalue weighted by molar-refractivity contribution is 7.14. The molecule has 0 saturated carbocycles. The fourth-order valence-electron chi connectivity index (χ4n) is 1.47. The molecule has 0 radical (unpaired) electrons. The molecule has 0 aliphatic rings. The van der Waals surface area contributed by atoms with Gasteiger partial charge in [-0.25, -0.2) is 4.79 Å². The summed E-state index contributed by atoms with van der Waals surface area (Å²) in [6.45, 7) is 2.00. The monoisotopic (exact) mass is 281 g/mol. The lowest BCUT2D eigenvalue weighted by Crippen LogP contribution is -2.24. The van der Waals surface area contributed by atoms with Crippen molar-refractivity contribution in [3.63, 3.8) is 0 Å². The Morgan fingerprint density at radius 3 is 2.56 bits per heavy atom. The predicted molar refractivity (Wildman–Crippen MR) is 63.0 cm³/mol. The standard InChI is InChI=1S/C11H14F3NO2S/c1-7-8(5-9(18-7)10(16)17)6-15(2)4-3-11(12,13)14/h5H,3-4,6H2,1-2H3,(H,16,17). The number of hydrogen-bond acceptors (Lipinski definition) is 3. The van der Waals surface area contributed by atoms with Gasteiger partial charge in [0.05, 0.1) is 6.42 Å². The van der Waals surface area contributed by atoms with E-state index in [2.05, 4.69) is 0 Å². The number of halogens is 3. The smallest absolute Gasteiger partial charge is 0.390 e. The summed E-state index contributed by atoms with van der Waals surface area (Å²) in [7, 11) is 1.59. The Bertz CT molecular complexity index is 428. The van der Waals surface area contributed by atoms with Gasteiger partial charge in [0.1, 0.15) is 4.88 Å². The predicted octanol–water partition coefficient (Wildman–Crippen LogP) is 3.14. The van der Waals surface area contributed by atoms with E-state index in [1.165, 1.54) is 11.0 Å². The number of carbonyl (C=O) groups is 1. The van der Waals surface area contributed by atoms with Crippen LogP contribution >= 0.6 is 11.3 Å². The maximum absolute atomic E-state index is 12.0. The van der Waals surface area contributed by atoms with E-state index in [-0.39, 0.29) is 11.4 Å². The first-order chi connectivity index (χ1) is 8.19. The molecule has 0 aliphatic heterocycles. The minimum absolute atomic E-state index is 0.0960. The molecule has 1 rings (SSSR count). The summed E-state index contributed by atoms with van der Waals surface area (Å²) in [5.41, 5.74) is 0.766. The van der Waals surface area contributed by atoms with E-state index in [1.807, 2.05) is 0 Å². The Hall–Kier alpha value is -1.08. The fourth-order valence-corrected chi connectivity index (χ4v) is 2.34. The number of hydrogen-bond donors (Lipinski definition) is 1. The molecule has 3 nitrogen and oxygen atoms in total. The van der Waals surface area contributed by atoms with Gasteiger partial charge in [-0.15, -0.1) is 11.3 Å². The molecule has 1 N–H and O–H groups in total. The second-order valence-electron chi connectivity index (χ2n) is 4.10. The van der Waals surface area contributed by atoms with Crippen molar-refractivity contribution in [3.8, 4) is 0 Å². The van der Waals surface area contributed by atoms with Crippen molar-refractivity contribution in [2.75, 3.05) is 13.6 Å². The van der Waals surface area contributed by atoms with Gasteiger partial charge >= 0.3 is 12.1 Å². The molecule has 18 heavy (non-hydrogen) atoms. The highest BCUT2D eigenvalue weighted by Gasteiger charge is 2.27. The van der Waals surface area contributed by atoms with Gasteiger partial charge < -0.3 is 10.0 Å². The molecule has 0 aliphatic carbocycles. The van der Waals surface area contributed by atoms with Crippen LogP contribution in [0.1, 0.15) is 26.5 Å². The molecule has 1 aromatic rings. The highest BCUT2D eigenvalue weighted by atomic mass is 32.1. The molecule has 0 bridgehead atoms. The van der Waals surface area contributed by atoms with E-state index in [0.29, 0.717) is 6.54 Å². The summed E-state index contributed by atoms with van der Waals surface area (Å²) < 4.78 is 36.1. The SMILES string of the molecule is Cc1sc(C(=O)O)cc1CN(C)CCC(F)(F)F. The first-order valence-corrected chi connectivity index (χ1v) is 6.08. The lowest BCUT2D eigenvalue weighted by Gasteiger charge is -2.17. The van der Waals surface area contributed by atoms with Gasteiger partial charge in [0.15, 0.2) is 0 Å².